The van der Waals surface area contributed by atoms with Gasteiger partial charge in [-0.05, 0) is 82.8 Å². The van der Waals surface area contributed by atoms with Gasteiger partial charge in [0.25, 0.3) is 5.91 Å². The topological polar surface area (TPSA) is 66.4 Å². The molecule has 0 radical (unpaired) electrons. The summed E-state index contributed by atoms with van der Waals surface area (Å²) in [4.78, 5) is 25.0. The Bertz CT molecular complexity index is 819. The summed E-state index contributed by atoms with van der Waals surface area (Å²) in [7, 11) is 0. The number of ketones is 1. The first kappa shape index (κ1) is 20.8. The molecule has 0 saturated heterocycles. The van der Waals surface area contributed by atoms with Gasteiger partial charge in [-0.2, -0.15) is 0 Å². The molecule has 0 aromatic heterocycles. The van der Waals surface area contributed by atoms with E-state index in [1.54, 1.807) is 12.2 Å². The second kappa shape index (κ2) is 6.26. The summed E-state index contributed by atoms with van der Waals surface area (Å²) in [6.45, 7) is 9.63. The highest BCUT2D eigenvalue weighted by Crippen LogP contribution is 2.70. The monoisotopic (exact) mass is 403 g/mol. The fourth-order valence-electron chi connectivity index (χ4n) is 7.29. The maximum Gasteiger partial charge on any atom is 0.253 e. The number of alkyl halides is 1. The maximum absolute atomic E-state index is 16.9. The fourth-order valence-corrected chi connectivity index (χ4v) is 7.29. The van der Waals surface area contributed by atoms with Gasteiger partial charge in [-0.3, -0.25) is 9.59 Å². The van der Waals surface area contributed by atoms with Gasteiger partial charge in [0.05, 0.1) is 0 Å². The van der Waals surface area contributed by atoms with Crippen molar-refractivity contribution in [3.63, 3.8) is 0 Å². The highest BCUT2D eigenvalue weighted by atomic mass is 19.1. The summed E-state index contributed by atoms with van der Waals surface area (Å²) in [5.41, 5.74) is -3.49. The number of hydrogen-bond donors (Lipinski definition) is 2. The summed E-state index contributed by atoms with van der Waals surface area (Å²) in [5.74, 6) is -0.906. The zero-order valence-electron chi connectivity index (χ0n) is 18.2. The van der Waals surface area contributed by atoms with E-state index in [0.29, 0.717) is 32.1 Å². The summed E-state index contributed by atoms with van der Waals surface area (Å²) in [5, 5.41) is 14.6. The third kappa shape index (κ3) is 2.46. The second-order valence-corrected chi connectivity index (χ2v) is 10.7. The minimum Gasteiger partial charge on any atom is -0.379 e. The Morgan fingerprint density at radius 2 is 1.97 bits per heavy atom. The van der Waals surface area contributed by atoms with E-state index >= 15 is 4.39 Å². The van der Waals surface area contributed by atoms with Gasteiger partial charge in [0.2, 0.25) is 0 Å². The fraction of sp³-hybridized carbons (Fsp3) is 0.750. The van der Waals surface area contributed by atoms with Gasteiger partial charge in [-0.25, -0.2) is 4.39 Å². The molecule has 1 amide bonds. The molecule has 2 N–H and O–H groups in total. The number of carbonyl (C=O) groups is 2. The first-order valence-corrected chi connectivity index (χ1v) is 11.1. The summed E-state index contributed by atoms with van der Waals surface area (Å²) < 4.78 is 16.9. The van der Waals surface area contributed by atoms with Crippen LogP contribution in [0, 0.1) is 28.6 Å². The second-order valence-electron chi connectivity index (χ2n) is 10.7. The predicted molar refractivity (Wildman–Crippen MR) is 110 cm³/mol. The Kier molecular flexibility index (Phi) is 4.48. The SMILES string of the molecule is CC(C)NC(=O)[C@@]1(O)[C@H](C)CC2C3CCC4=CC(=O)C=C[C@]4(C)[C@@]3(F)CC[C@@]21C. The van der Waals surface area contributed by atoms with Gasteiger partial charge in [0.15, 0.2) is 11.4 Å². The average Bonchev–Trinajstić information content (AvgIpc) is 2.84. The zero-order valence-corrected chi connectivity index (χ0v) is 18.2. The minimum absolute atomic E-state index is 0.0589. The van der Waals surface area contributed by atoms with Crippen molar-refractivity contribution in [2.45, 2.75) is 84.0 Å². The Morgan fingerprint density at radius 3 is 2.62 bits per heavy atom. The van der Waals surface area contributed by atoms with Crippen LogP contribution >= 0.6 is 0 Å². The summed E-state index contributed by atoms with van der Waals surface area (Å²) >= 11 is 0. The lowest BCUT2D eigenvalue weighted by molar-refractivity contribution is -0.183. The smallest absolute Gasteiger partial charge is 0.253 e. The number of halogens is 1. The van der Waals surface area contributed by atoms with Crippen LogP contribution in [-0.2, 0) is 9.59 Å². The third-order valence-electron chi connectivity index (χ3n) is 9.01. The number of allylic oxidation sites excluding steroid dienone is 4. The molecule has 4 aliphatic rings. The molecule has 5 heteroatoms. The molecule has 160 valence electrons. The van der Waals surface area contributed by atoms with Crippen LogP contribution in [-0.4, -0.2) is 34.1 Å². The molecule has 0 bridgehead atoms. The van der Waals surface area contributed by atoms with E-state index in [9.17, 15) is 14.7 Å². The van der Waals surface area contributed by atoms with Crippen molar-refractivity contribution >= 4 is 11.7 Å². The summed E-state index contributed by atoms with van der Waals surface area (Å²) in [6.07, 6.45) is 7.65. The van der Waals surface area contributed by atoms with Gasteiger partial charge < -0.3 is 10.4 Å². The van der Waals surface area contributed by atoms with Crippen molar-refractivity contribution in [2.24, 2.45) is 28.6 Å². The molecule has 29 heavy (non-hydrogen) atoms. The molecule has 0 heterocycles. The standard InChI is InChI=1S/C24H34FNO3/c1-14(2)26-20(28)24(29)15(3)12-19-18-7-6-16-13-17(27)8-9-21(16,4)23(18,25)11-10-22(19,24)5/h8-9,13-15,18-19,29H,6-7,10-12H2,1-5H3,(H,26,28)/t15-,18?,19?,21+,22+,23-,24+/m1/s1. The van der Waals surface area contributed by atoms with E-state index in [0.717, 1.165) is 5.57 Å². The number of aliphatic hydroxyl groups is 1. The summed E-state index contributed by atoms with van der Waals surface area (Å²) in [6, 6.07) is -0.0589. The van der Waals surface area contributed by atoms with E-state index in [-0.39, 0.29) is 35.5 Å². The van der Waals surface area contributed by atoms with Crippen LogP contribution < -0.4 is 5.32 Å². The molecule has 4 nitrogen and oxygen atoms in total. The zero-order chi connectivity index (χ0) is 21.4. The van der Waals surface area contributed by atoms with E-state index in [1.165, 1.54) is 6.08 Å². The van der Waals surface area contributed by atoms with Gasteiger partial charge in [-0.1, -0.05) is 25.5 Å². The first-order valence-electron chi connectivity index (χ1n) is 11.1. The molecule has 3 saturated carbocycles. The first-order chi connectivity index (χ1) is 13.4. The van der Waals surface area contributed by atoms with Gasteiger partial charge in [0.1, 0.15) is 5.67 Å². The van der Waals surface area contributed by atoms with E-state index in [1.807, 2.05) is 34.6 Å². The van der Waals surface area contributed by atoms with Crippen molar-refractivity contribution in [3.05, 3.63) is 23.8 Å². The van der Waals surface area contributed by atoms with Crippen molar-refractivity contribution < 1.29 is 19.1 Å². The Hall–Kier alpha value is -1.49. The molecule has 0 aliphatic heterocycles. The molecular weight excluding hydrogens is 369 g/mol. The highest BCUT2D eigenvalue weighted by molar-refractivity contribution is 6.01. The van der Waals surface area contributed by atoms with Crippen molar-refractivity contribution in [1.82, 2.24) is 5.32 Å². The Balaban J connectivity index is 1.74. The van der Waals surface area contributed by atoms with E-state index in [2.05, 4.69) is 5.32 Å². The Labute approximate surface area is 173 Å². The number of amides is 1. The number of rotatable bonds is 2. The minimum atomic E-state index is -1.49. The predicted octanol–water partition coefficient (Wildman–Crippen LogP) is 3.89. The normalized spacial score (nSPS) is 48.6. The molecule has 0 aromatic carbocycles. The highest BCUT2D eigenvalue weighted by Gasteiger charge is 2.73. The van der Waals surface area contributed by atoms with Crippen LogP contribution in [0.5, 0.6) is 0 Å². The average molecular weight is 404 g/mol. The van der Waals surface area contributed by atoms with Crippen LogP contribution in [0.2, 0.25) is 0 Å². The van der Waals surface area contributed by atoms with Crippen molar-refractivity contribution in [3.8, 4) is 0 Å². The molecule has 4 aliphatic carbocycles. The lowest BCUT2D eigenvalue weighted by Crippen LogP contribution is -2.65. The largest absolute Gasteiger partial charge is 0.379 e. The quantitative estimate of drug-likeness (QED) is 0.735. The van der Waals surface area contributed by atoms with E-state index in [4.69, 9.17) is 0 Å². The Morgan fingerprint density at radius 1 is 1.28 bits per heavy atom. The molecule has 4 rings (SSSR count). The molecule has 0 spiro atoms. The molecular formula is C24H34FNO3. The lowest BCUT2D eigenvalue weighted by Gasteiger charge is -2.60. The van der Waals surface area contributed by atoms with Crippen LogP contribution in [0.15, 0.2) is 23.8 Å². The van der Waals surface area contributed by atoms with Gasteiger partial charge >= 0.3 is 0 Å². The van der Waals surface area contributed by atoms with Crippen LogP contribution in [0.1, 0.15) is 66.7 Å². The van der Waals surface area contributed by atoms with Crippen LogP contribution in [0.4, 0.5) is 4.39 Å². The molecule has 2 unspecified atom stereocenters. The van der Waals surface area contributed by atoms with Crippen LogP contribution in [0.25, 0.3) is 0 Å². The van der Waals surface area contributed by atoms with Gasteiger partial charge in [0, 0.05) is 16.9 Å². The van der Waals surface area contributed by atoms with Crippen molar-refractivity contribution in [2.75, 3.05) is 0 Å². The van der Waals surface area contributed by atoms with Crippen molar-refractivity contribution in [1.29, 1.82) is 0 Å². The molecule has 3 fully saturated rings. The number of hydrogen-bond acceptors (Lipinski definition) is 3. The third-order valence-corrected chi connectivity index (χ3v) is 9.01. The number of nitrogens with one attached hydrogen (secondary N) is 1. The van der Waals surface area contributed by atoms with Crippen LogP contribution in [0.3, 0.4) is 0 Å². The number of carbonyl (C=O) groups excluding carboxylic acids is 2. The molecule has 0 aromatic rings. The van der Waals surface area contributed by atoms with Gasteiger partial charge in [-0.15, -0.1) is 0 Å². The molecule has 7 atom stereocenters. The van der Waals surface area contributed by atoms with E-state index < -0.39 is 22.1 Å². The number of fused-ring (bicyclic) bond motifs is 5. The maximum atomic E-state index is 16.9. The lowest BCUT2D eigenvalue weighted by atomic mass is 9.45.